The van der Waals surface area contributed by atoms with E-state index in [0.29, 0.717) is 13.0 Å². The van der Waals surface area contributed by atoms with Crippen molar-refractivity contribution >= 4 is 15.7 Å². The number of carbonyl (C=O) groups excluding carboxylic acids is 1. The molecule has 1 N–H and O–H groups in total. The number of pyridine rings is 1. The van der Waals surface area contributed by atoms with Crippen LogP contribution >= 0.6 is 0 Å². The van der Waals surface area contributed by atoms with Crippen LogP contribution in [0.5, 0.6) is 0 Å². The summed E-state index contributed by atoms with van der Waals surface area (Å²) in [5.74, 6) is 0.127. The fourth-order valence-corrected chi connectivity index (χ4v) is 5.64. The Hall–Kier alpha value is -1.51. The Bertz CT molecular complexity index is 702. The Morgan fingerprint density at radius 2 is 2.00 bits per heavy atom. The normalized spacial score (nSPS) is 27.2. The van der Waals surface area contributed by atoms with E-state index in [9.17, 15) is 13.2 Å². The minimum atomic E-state index is -3.01. The molecule has 2 aliphatic rings. The van der Waals surface area contributed by atoms with Crippen molar-refractivity contribution in [2.75, 3.05) is 44.2 Å². The minimum Gasteiger partial charge on any atom is -0.349 e. The van der Waals surface area contributed by atoms with Crippen molar-refractivity contribution in [2.45, 2.75) is 25.4 Å². The third kappa shape index (κ3) is 5.23. The number of piperazine rings is 1. The van der Waals surface area contributed by atoms with Gasteiger partial charge in [0.25, 0.3) is 0 Å². The standard InChI is InChI=1S/C17H26N4O3S/c1-17(4-10-25(23,24)14-17)19-16(22)13-21-8-6-20(7-9-21)12-15-3-2-5-18-11-15/h2-3,5,11H,4,6-10,12-14H2,1H3,(H,19,22). The molecule has 0 spiro atoms. The largest absolute Gasteiger partial charge is 0.349 e. The van der Waals surface area contributed by atoms with Gasteiger partial charge in [0, 0.05) is 45.1 Å². The van der Waals surface area contributed by atoms with Crippen molar-refractivity contribution in [3.8, 4) is 0 Å². The maximum absolute atomic E-state index is 12.3. The van der Waals surface area contributed by atoms with Gasteiger partial charge in [0.15, 0.2) is 9.84 Å². The molecule has 2 aliphatic heterocycles. The Morgan fingerprint density at radius 1 is 1.28 bits per heavy atom. The van der Waals surface area contributed by atoms with Crippen molar-refractivity contribution in [1.29, 1.82) is 0 Å². The maximum Gasteiger partial charge on any atom is 0.234 e. The molecule has 0 aliphatic carbocycles. The number of amides is 1. The van der Waals surface area contributed by atoms with Crippen molar-refractivity contribution in [2.24, 2.45) is 0 Å². The molecule has 0 aromatic carbocycles. The molecule has 0 radical (unpaired) electrons. The lowest BCUT2D eigenvalue weighted by Crippen LogP contribution is -2.53. The highest BCUT2D eigenvalue weighted by atomic mass is 32.2. The molecule has 0 saturated carbocycles. The topological polar surface area (TPSA) is 82.6 Å². The number of hydrogen-bond donors (Lipinski definition) is 1. The first kappa shape index (κ1) is 18.3. The molecule has 25 heavy (non-hydrogen) atoms. The summed E-state index contributed by atoms with van der Waals surface area (Å²) in [4.78, 5) is 20.9. The van der Waals surface area contributed by atoms with E-state index in [0.717, 1.165) is 32.7 Å². The molecule has 7 nitrogen and oxygen atoms in total. The number of rotatable bonds is 5. The fraction of sp³-hybridized carbons (Fsp3) is 0.647. The van der Waals surface area contributed by atoms with E-state index in [-0.39, 0.29) is 17.4 Å². The third-order valence-electron chi connectivity index (χ3n) is 4.91. The molecule has 138 valence electrons. The first-order valence-corrected chi connectivity index (χ1v) is 10.5. The molecule has 1 atom stereocenters. The van der Waals surface area contributed by atoms with Gasteiger partial charge < -0.3 is 5.32 Å². The maximum atomic E-state index is 12.3. The van der Waals surface area contributed by atoms with Crippen molar-refractivity contribution < 1.29 is 13.2 Å². The number of nitrogens with one attached hydrogen (secondary N) is 1. The lowest BCUT2D eigenvalue weighted by atomic mass is 10.0. The summed E-state index contributed by atoms with van der Waals surface area (Å²) in [6.07, 6.45) is 4.16. The summed E-state index contributed by atoms with van der Waals surface area (Å²) in [6, 6.07) is 4.02. The summed E-state index contributed by atoms with van der Waals surface area (Å²) in [5, 5.41) is 2.93. The molecule has 1 aromatic rings. The number of hydrogen-bond acceptors (Lipinski definition) is 6. The van der Waals surface area contributed by atoms with Crippen LogP contribution in [-0.4, -0.2) is 78.9 Å². The molecule has 1 unspecified atom stereocenters. The summed E-state index contributed by atoms with van der Waals surface area (Å²) in [5.41, 5.74) is 0.585. The zero-order chi connectivity index (χ0) is 17.9. The zero-order valence-corrected chi connectivity index (χ0v) is 15.5. The average Bonchev–Trinajstić information content (AvgIpc) is 2.83. The van der Waals surface area contributed by atoms with Gasteiger partial charge in [-0.2, -0.15) is 0 Å². The van der Waals surface area contributed by atoms with Gasteiger partial charge >= 0.3 is 0 Å². The second-order valence-electron chi connectivity index (χ2n) is 7.36. The van der Waals surface area contributed by atoms with Gasteiger partial charge in [-0.25, -0.2) is 8.42 Å². The lowest BCUT2D eigenvalue weighted by Gasteiger charge is -2.35. The summed E-state index contributed by atoms with van der Waals surface area (Å²) in [7, 11) is -3.01. The van der Waals surface area contributed by atoms with E-state index in [1.807, 2.05) is 19.2 Å². The average molecular weight is 366 g/mol. The molecule has 3 rings (SSSR count). The van der Waals surface area contributed by atoms with Crippen LogP contribution in [-0.2, 0) is 21.2 Å². The van der Waals surface area contributed by atoms with Gasteiger partial charge in [0.1, 0.15) is 0 Å². The molecule has 2 fully saturated rings. The molecule has 3 heterocycles. The predicted octanol–water partition coefficient (Wildman–Crippen LogP) is -0.107. The van der Waals surface area contributed by atoms with Gasteiger partial charge in [-0.15, -0.1) is 0 Å². The van der Waals surface area contributed by atoms with E-state index in [1.165, 1.54) is 5.56 Å². The van der Waals surface area contributed by atoms with E-state index < -0.39 is 15.4 Å². The van der Waals surface area contributed by atoms with E-state index in [2.05, 4.69) is 26.2 Å². The highest BCUT2D eigenvalue weighted by Crippen LogP contribution is 2.22. The smallest absolute Gasteiger partial charge is 0.234 e. The first-order valence-electron chi connectivity index (χ1n) is 8.69. The summed E-state index contributed by atoms with van der Waals surface area (Å²) < 4.78 is 23.3. The number of aromatic nitrogens is 1. The monoisotopic (exact) mass is 366 g/mol. The van der Waals surface area contributed by atoms with Crippen LogP contribution in [0.15, 0.2) is 24.5 Å². The highest BCUT2D eigenvalue weighted by Gasteiger charge is 2.39. The SMILES string of the molecule is CC1(NC(=O)CN2CCN(Cc3cccnc3)CC2)CCS(=O)(=O)C1. The van der Waals surface area contributed by atoms with Crippen LogP contribution < -0.4 is 5.32 Å². The first-order chi connectivity index (χ1) is 11.8. The van der Waals surface area contributed by atoms with Crippen molar-refractivity contribution in [3.63, 3.8) is 0 Å². The molecule has 1 aromatic heterocycles. The second-order valence-corrected chi connectivity index (χ2v) is 9.55. The molecule has 2 saturated heterocycles. The fourth-order valence-electron chi connectivity index (χ4n) is 3.54. The predicted molar refractivity (Wildman–Crippen MR) is 95.8 cm³/mol. The number of nitrogens with zero attached hydrogens (tertiary/aromatic N) is 3. The quantitative estimate of drug-likeness (QED) is 0.783. The third-order valence-corrected chi connectivity index (χ3v) is 6.81. The molecule has 1 amide bonds. The van der Waals surface area contributed by atoms with Crippen LogP contribution in [0.25, 0.3) is 0 Å². The van der Waals surface area contributed by atoms with Gasteiger partial charge in [0.05, 0.1) is 23.6 Å². The number of sulfone groups is 1. The van der Waals surface area contributed by atoms with E-state index in [1.54, 1.807) is 6.20 Å². The molecule has 8 heteroatoms. The zero-order valence-electron chi connectivity index (χ0n) is 14.6. The summed E-state index contributed by atoms with van der Waals surface area (Å²) >= 11 is 0. The van der Waals surface area contributed by atoms with Gasteiger partial charge in [-0.3, -0.25) is 19.6 Å². The second kappa shape index (κ2) is 7.39. The van der Waals surface area contributed by atoms with Crippen LogP contribution in [0, 0.1) is 0 Å². The Kier molecular flexibility index (Phi) is 5.41. The molecule has 0 bridgehead atoms. The van der Waals surface area contributed by atoms with Crippen LogP contribution in [0.2, 0.25) is 0 Å². The van der Waals surface area contributed by atoms with E-state index in [4.69, 9.17) is 0 Å². The minimum absolute atomic E-state index is 0.0463. The van der Waals surface area contributed by atoms with Crippen LogP contribution in [0.1, 0.15) is 18.9 Å². The highest BCUT2D eigenvalue weighted by molar-refractivity contribution is 7.91. The van der Waals surface area contributed by atoms with Crippen LogP contribution in [0.3, 0.4) is 0 Å². The van der Waals surface area contributed by atoms with Gasteiger partial charge in [-0.1, -0.05) is 6.07 Å². The Labute approximate surface area is 149 Å². The molecular weight excluding hydrogens is 340 g/mol. The van der Waals surface area contributed by atoms with Crippen molar-refractivity contribution in [3.05, 3.63) is 30.1 Å². The van der Waals surface area contributed by atoms with Crippen LogP contribution in [0.4, 0.5) is 0 Å². The lowest BCUT2D eigenvalue weighted by molar-refractivity contribution is -0.124. The Balaban J connectivity index is 1.42. The Morgan fingerprint density at radius 3 is 2.60 bits per heavy atom. The molecular formula is C17H26N4O3S. The number of carbonyl (C=O) groups is 1. The summed E-state index contributed by atoms with van der Waals surface area (Å²) in [6.45, 7) is 6.52. The van der Waals surface area contributed by atoms with Gasteiger partial charge in [-0.05, 0) is 25.0 Å². The van der Waals surface area contributed by atoms with Gasteiger partial charge in [0.2, 0.25) is 5.91 Å². The van der Waals surface area contributed by atoms with E-state index >= 15 is 0 Å². The van der Waals surface area contributed by atoms with Crippen molar-refractivity contribution in [1.82, 2.24) is 20.1 Å².